The number of fused-ring (bicyclic) bond motifs is 3. The zero-order chi connectivity index (χ0) is 16.5. The summed E-state index contributed by atoms with van der Waals surface area (Å²) in [5, 5.41) is 2.57. The van der Waals surface area contributed by atoms with Gasteiger partial charge in [-0.2, -0.15) is 0 Å². The summed E-state index contributed by atoms with van der Waals surface area (Å²) in [6.45, 7) is 4.21. The summed E-state index contributed by atoms with van der Waals surface area (Å²) < 4.78 is 2.32. The molecule has 0 atom stereocenters. The second-order valence-electron chi connectivity index (χ2n) is 6.09. The first kappa shape index (κ1) is 14.7. The molecule has 24 heavy (non-hydrogen) atoms. The average molecular weight is 312 g/mol. The van der Waals surface area contributed by atoms with E-state index in [-0.39, 0.29) is 0 Å². The average Bonchev–Trinajstić information content (AvgIpc) is 2.96. The van der Waals surface area contributed by atoms with Crippen molar-refractivity contribution in [2.24, 2.45) is 4.99 Å². The second kappa shape index (κ2) is 5.97. The van der Waals surface area contributed by atoms with Gasteiger partial charge >= 0.3 is 0 Å². The highest BCUT2D eigenvalue weighted by Crippen LogP contribution is 2.32. The SMILES string of the molecule is CCC(C)=Nc1cccc(-n2c3ccccc3c3ccccc32)c1. The van der Waals surface area contributed by atoms with Crippen molar-refractivity contribution in [1.82, 2.24) is 4.57 Å². The van der Waals surface area contributed by atoms with Crippen molar-refractivity contribution in [2.45, 2.75) is 20.3 Å². The van der Waals surface area contributed by atoms with E-state index in [1.807, 2.05) is 0 Å². The lowest BCUT2D eigenvalue weighted by atomic mass is 10.2. The van der Waals surface area contributed by atoms with Gasteiger partial charge in [0.05, 0.1) is 16.7 Å². The third kappa shape index (κ3) is 2.41. The summed E-state index contributed by atoms with van der Waals surface area (Å²) >= 11 is 0. The molecule has 0 aliphatic rings. The van der Waals surface area contributed by atoms with Crippen LogP contribution >= 0.6 is 0 Å². The van der Waals surface area contributed by atoms with Crippen LogP contribution in [0.2, 0.25) is 0 Å². The van der Waals surface area contributed by atoms with Gasteiger partial charge in [-0.15, -0.1) is 0 Å². The highest BCUT2D eigenvalue weighted by atomic mass is 15.0. The normalized spacial score (nSPS) is 12.2. The lowest BCUT2D eigenvalue weighted by molar-refractivity contribution is 1.17. The van der Waals surface area contributed by atoms with E-state index in [9.17, 15) is 0 Å². The summed E-state index contributed by atoms with van der Waals surface area (Å²) in [6.07, 6.45) is 0.972. The Morgan fingerprint density at radius 3 is 2.08 bits per heavy atom. The summed E-state index contributed by atoms with van der Waals surface area (Å²) in [5.74, 6) is 0. The Balaban J connectivity index is 2.01. The maximum absolute atomic E-state index is 4.71. The van der Waals surface area contributed by atoms with E-state index in [2.05, 4.69) is 91.2 Å². The molecule has 0 spiro atoms. The van der Waals surface area contributed by atoms with E-state index >= 15 is 0 Å². The van der Waals surface area contributed by atoms with Crippen molar-refractivity contribution < 1.29 is 0 Å². The molecule has 118 valence electrons. The molecular formula is C22H20N2. The lowest BCUT2D eigenvalue weighted by Gasteiger charge is -2.08. The van der Waals surface area contributed by atoms with Crippen molar-refractivity contribution in [3.8, 4) is 5.69 Å². The molecule has 0 radical (unpaired) electrons. The van der Waals surface area contributed by atoms with Crippen LogP contribution < -0.4 is 0 Å². The molecule has 1 heterocycles. The van der Waals surface area contributed by atoms with Crippen molar-refractivity contribution in [3.05, 3.63) is 72.8 Å². The van der Waals surface area contributed by atoms with E-state index in [1.54, 1.807) is 0 Å². The first-order valence-electron chi connectivity index (χ1n) is 8.40. The predicted octanol–water partition coefficient (Wildman–Crippen LogP) is 6.29. The molecule has 0 amide bonds. The first-order valence-corrected chi connectivity index (χ1v) is 8.40. The van der Waals surface area contributed by atoms with Crippen molar-refractivity contribution in [1.29, 1.82) is 0 Å². The van der Waals surface area contributed by atoms with Gasteiger partial charge in [-0.25, -0.2) is 0 Å². The molecule has 0 aliphatic carbocycles. The molecule has 0 saturated carbocycles. The van der Waals surface area contributed by atoms with Crippen LogP contribution in [0.25, 0.3) is 27.5 Å². The Morgan fingerprint density at radius 2 is 1.46 bits per heavy atom. The quantitative estimate of drug-likeness (QED) is 0.396. The van der Waals surface area contributed by atoms with Gasteiger partial charge in [0, 0.05) is 22.2 Å². The molecule has 2 heteroatoms. The molecular weight excluding hydrogens is 292 g/mol. The van der Waals surface area contributed by atoms with Crippen molar-refractivity contribution in [3.63, 3.8) is 0 Å². The third-order valence-corrected chi connectivity index (χ3v) is 4.50. The third-order valence-electron chi connectivity index (χ3n) is 4.50. The minimum Gasteiger partial charge on any atom is -0.309 e. The Labute approximate surface area is 142 Å². The number of para-hydroxylation sites is 2. The minimum atomic E-state index is 0.972. The second-order valence-corrected chi connectivity index (χ2v) is 6.09. The molecule has 4 rings (SSSR count). The fourth-order valence-corrected chi connectivity index (χ4v) is 3.20. The summed E-state index contributed by atoms with van der Waals surface area (Å²) in [5.41, 5.74) is 5.76. The van der Waals surface area contributed by atoms with Crippen LogP contribution in [0, 0.1) is 0 Å². The smallest absolute Gasteiger partial charge is 0.0649 e. The van der Waals surface area contributed by atoms with Gasteiger partial charge in [0.25, 0.3) is 0 Å². The van der Waals surface area contributed by atoms with E-state index < -0.39 is 0 Å². The molecule has 0 unspecified atom stereocenters. The number of benzene rings is 3. The fraction of sp³-hybridized carbons (Fsp3) is 0.136. The molecule has 3 aromatic carbocycles. The van der Waals surface area contributed by atoms with Crippen molar-refractivity contribution >= 4 is 33.2 Å². The summed E-state index contributed by atoms with van der Waals surface area (Å²) in [4.78, 5) is 4.71. The predicted molar refractivity (Wildman–Crippen MR) is 104 cm³/mol. The monoisotopic (exact) mass is 312 g/mol. The first-order chi connectivity index (χ1) is 11.8. The number of aliphatic imine (C=N–C) groups is 1. The number of aromatic nitrogens is 1. The molecule has 0 saturated heterocycles. The number of nitrogens with zero attached hydrogens (tertiary/aromatic N) is 2. The minimum absolute atomic E-state index is 0.972. The molecule has 2 nitrogen and oxygen atoms in total. The maximum Gasteiger partial charge on any atom is 0.0649 e. The lowest BCUT2D eigenvalue weighted by Crippen LogP contribution is -1.93. The standard InChI is InChI=1S/C22H20N2/c1-3-16(2)23-17-9-8-10-18(15-17)24-21-13-6-4-11-19(21)20-12-5-7-14-22(20)24/h4-15H,3H2,1-2H3. The summed E-state index contributed by atoms with van der Waals surface area (Å²) in [7, 11) is 0. The zero-order valence-corrected chi connectivity index (χ0v) is 14.0. The highest BCUT2D eigenvalue weighted by molar-refractivity contribution is 6.09. The van der Waals surface area contributed by atoms with Gasteiger partial charge in [-0.3, -0.25) is 4.99 Å². The topological polar surface area (TPSA) is 17.3 Å². The maximum atomic E-state index is 4.71. The Hall–Kier alpha value is -2.87. The van der Waals surface area contributed by atoms with Crippen LogP contribution in [0.3, 0.4) is 0 Å². The van der Waals surface area contributed by atoms with E-state index in [0.717, 1.165) is 23.5 Å². The van der Waals surface area contributed by atoms with Crippen LogP contribution in [0.4, 0.5) is 5.69 Å². The Morgan fingerprint density at radius 1 is 0.833 bits per heavy atom. The van der Waals surface area contributed by atoms with Crippen LogP contribution in [-0.4, -0.2) is 10.3 Å². The molecule has 0 N–H and O–H groups in total. The molecule has 0 bridgehead atoms. The van der Waals surface area contributed by atoms with Gasteiger partial charge in [0.15, 0.2) is 0 Å². The summed E-state index contributed by atoms with van der Waals surface area (Å²) in [6, 6.07) is 25.6. The van der Waals surface area contributed by atoms with Gasteiger partial charge in [-0.1, -0.05) is 49.4 Å². The molecule has 0 aliphatic heterocycles. The largest absolute Gasteiger partial charge is 0.309 e. The van der Waals surface area contributed by atoms with Gasteiger partial charge < -0.3 is 4.57 Å². The number of hydrogen-bond acceptors (Lipinski definition) is 1. The van der Waals surface area contributed by atoms with Crippen LogP contribution in [-0.2, 0) is 0 Å². The molecule has 4 aromatic rings. The van der Waals surface area contributed by atoms with Crippen LogP contribution in [0.5, 0.6) is 0 Å². The number of rotatable bonds is 3. The van der Waals surface area contributed by atoms with Crippen LogP contribution in [0.15, 0.2) is 77.8 Å². The van der Waals surface area contributed by atoms with E-state index in [4.69, 9.17) is 4.99 Å². The van der Waals surface area contributed by atoms with E-state index in [1.165, 1.54) is 21.8 Å². The fourth-order valence-electron chi connectivity index (χ4n) is 3.20. The van der Waals surface area contributed by atoms with Crippen LogP contribution in [0.1, 0.15) is 20.3 Å². The van der Waals surface area contributed by atoms with Crippen molar-refractivity contribution in [2.75, 3.05) is 0 Å². The van der Waals surface area contributed by atoms with Gasteiger partial charge in [0.1, 0.15) is 0 Å². The zero-order valence-electron chi connectivity index (χ0n) is 14.0. The molecule has 0 fully saturated rings. The Kier molecular flexibility index (Phi) is 3.66. The highest BCUT2D eigenvalue weighted by Gasteiger charge is 2.11. The van der Waals surface area contributed by atoms with Gasteiger partial charge in [0.2, 0.25) is 0 Å². The molecule has 1 aromatic heterocycles. The van der Waals surface area contributed by atoms with E-state index in [0.29, 0.717) is 0 Å². The number of hydrogen-bond donors (Lipinski definition) is 0. The Bertz CT molecular complexity index is 1000. The van der Waals surface area contributed by atoms with Gasteiger partial charge in [-0.05, 0) is 43.7 Å².